The second-order valence-corrected chi connectivity index (χ2v) is 5.10. The van der Waals surface area contributed by atoms with Gasteiger partial charge in [0.1, 0.15) is 0 Å². The molecule has 0 fully saturated rings. The van der Waals surface area contributed by atoms with Crippen molar-refractivity contribution in [3.05, 3.63) is 56.2 Å². The van der Waals surface area contributed by atoms with E-state index in [4.69, 9.17) is 29.0 Å². The number of halogens is 2. The van der Waals surface area contributed by atoms with Crippen molar-refractivity contribution in [1.29, 1.82) is 0 Å². The minimum atomic E-state index is -0.119. The van der Waals surface area contributed by atoms with E-state index in [2.05, 4.69) is 5.43 Å². The van der Waals surface area contributed by atoms with Gasteiger partial charge in [0.15, 0.2) is 0 Å². The number of benzene rings is 1. The normalized spacial score (nSPS) is 12.7. The summed E-state index contributed by atoms with van der Waals surface area (Å²) in [6, 6.07) is 9.22. The Morgan fingerprint density at radius 3 is 2.69 bits per heavy atom. The molecule has 5 heteroatoms. The van der Waals surface area contributed by atoms with Gasteiger partial charge in [0.05, 0.1) is 6.04 Å². The number of nitrogens with two attached hydrogens (primary N) is 1. The fraction of sp³-hybridized carbons (Fsp3) is 0.0909. The molecule has 1 heterocycles. The summed E-state index contributed by atoms with van der Waals surface area (Å²) < 4.78 is 0. The molecule has 0 saturated carbocycles. The number of hydrogen-bond donors (Lipinski definition) is 2. The first kappa shape index (κ1) is 11.9. The summed E-state index contributed by atoms with van der Waals surface area (Å²) in [4.78, 5) is 1.10. The van der Waals surface area contributed by atoms with Crippen molar-refractivity contribution in [3.8, 4) is 0 Å². The maximum absolute atomic E-state index is 6.14. The van der Waals surface area contributed by atoms with E-state index >= 15 is 0 Å². The molecule has 84 valence electrons. The third-order valence-electron chi connectivity index (χ3n) is 2.26. The SMILES string of the molecule is NNC(c1cccs1)c1cc(Cl)ccc1Cl. The fourth-order valence-corrected chi connectivity index (χ4v) is 2.73. The molecule has 1 aromatic carbocycles. The predicted octanol–water partition coefficient (Wildman–Crippen LogP) is 3.61. The van der Waals surface area contributed by atoms with Gasteiger partial charge >= 0.3 is 0 Å². The van der Waals surface area contributed by atoms with E-state index in [1.807, 2.05) is 23.6 Å². The van der Waals surface area contributed by atoms with E-state index in [9.17, 15) is 0 Å². The molecule has 0 amide bonds. The predicted molar refractivity (Wildman–Crippen MR) is 69.9 cm³/mol. The Balaban J connectivity index is 2.44. The zero-order valence-electron chi connectivity index (χ0n) is 8.28. The molecule has 0 saturated heterocycles. The maximum atomic E-state index is 6.14. The quantitative estimate of drug-likeness (QED) is 0.662. The highest BCUT2D eigenvalue weighted by Gasteiger charge is 2.16. The van der Waals surface area contributed by atoms with Gasteiger partial charge in [0.2, 0.25) is 0 Å². The summed E-state index contributed by atoms with van der Waals surface area (Å²) in [6.07, 6.45) is 0. The van der Waals surface area contributed by atoms with E-state index in [0.717, 1.165) is 10.4 Å². The van der Waals surface area contributed by atoms with Crippen molar-refractivity contribution in [2.24, 2.45) is 5.84 Å². The lowest BCUT2D eigenvalue weighted by molar-refractivity contribution is 0.647. The lowest BCUT2D eigenvalue weighted by Gasteiger charge is -2.16. The van der Waals surface area contributed by atoms with Crippen LogP contribution in [0.3, 0.4) is 0 Å². The van der Waals surface area contributed by atoms with Gasteiger partial charge in [-0.1, -0.05) is 29.3 Å². The van der Waals surface area contributed by atoms with Gasteiger partial charge < -0.3 is 0 Å². The maximum Gasteiger partial charge on any atom is 0.0817 e. The number of nitrogens with one attached hydrogen (secondary N) is 1. The Morgan fingerprint density at radius 2 is 2.06 bits per heavy atom. The number of thiophene rings is 1. The summed E-state index contributed by atoms with van der Waals surface area (Å²) >= 11 is 13.7. The molecule has 1 atom stereocenters. The Kier molecular flexibility index (Phi) is 3.84. The van der Waals surface area contributed by atoms with E-state index in [1.54, 1.807) is 23.5 Å². The Bertz CT molecular complexity index is 471. The van der Waals surface area contributed by atoms with Crippen LogP contribution >= 0.6 is 34.5 Å². The van der Waals surface area contributed by atoms with Crippen molar-refractivity contribution >= 4 is 34.5 Å². The van der Waals surface area contributed by atoms with Crippen LogP contribution in [0.15, 0.2) is 35.7 Å². The van der Waals surface area contributed by atoms with Gasteiger partial charge in [0.25, 0.3) is 0 Å². The van der Waals surface area contributed by atoms with Crippen molar-refractivity contribution in [2.45, 2.75) is 6.04 Å². The molecule has 0 aliphatic rings. The van der Waals surface area contributed by atoms with E-state index < -0.39 is 0 Å². The lowest BCUT2D eigenvalue weighted by atomic mass is 10.1. The molecule has 16 heavy (non-hydrogen) atoms. The zero-order chi connectivity index (χ0) is 11.5. The highest BCUT2D eigenvalue weighted by Crippen LogP contribution is 2.32. The van der Waals surface area contributed by atoms with Crippen molar-refractivity contribution in [3.63, 3.8) is 0 Å². The van der Waals surface area contributed by atoms with Crippen molar-refractivity contribution in [1.82, 2.24) is 5.43 Å². The van der Waals surface area contributed by atoms with Crippen LogP contribution in [0.4, 0.5) is 0 Å². The smallest absolute Gasteiger partial charge is 0.0817 e. The Morgan fingerprint density at radius 1 is 1.25 bits per heavy atom. The van der Waals surface area contributed by atoms with E-state index in [0.29, 0.717) is 10.0 Å². The van der Waals surface area contributed by atoms with Crippen LogP contribution in [-0.4, -0.2) is 0 Å². The molecule has 1 unspecified atom stereocenters. The minimum absolute atomic E-state index is 0.119. The summed E-state index contributed by atoms with van der Waals surface area (Å²) in [5.41, 5.74) is 3.64. The minimum Gasteiger partial charge on any atom is -0.271 e. The summed E-state index contributed by atoms with van der Waals surface area (Å²) in [7, 11) is 0. The fourth-order valence-electron chi connectivity index (χ4n) is 1.52. The molecule has 2 aromatic rings. The van der Waals surface area contributed by atoms with Crippen LogP contribution < -0.4 is 11.3 Å². The zero-order valence-corrected chi connectivity index (χ0v) is 10.6. The van der Waals surface area contributed by atoms with Gasteiger partial charge in [-0.15, -0.1) is 11.3 Å². The molecule has 0 aliphatic heterocycles. The lowest BCUT2D eigenvalue weighted by Crippen LogP contribution is -2.28. The highest BCUT2D eigenvalue weighted by atomic mass is 35.5. The topological polar surface area (TPSA) is 38.0 Å². The molecular formula is C11H10Cl2N2S. The molecule has 0 spiro atoms. The highest BCUT2D eigenvalue weighted by molar-refractivity contribution is 7.10. The summed E-state index contributed by atoms with van der Waals surface area (Å²) in [5, 5.41) is 3.30. The van der Waals surface area contributed by atoms with E-state index in [1.165, 1.54) is 0 Å². The van der Waals surface area contributed by atoms with E-state index in [-0.39, 0.29) is 6.04 Å². The molecule has 0 radical (unpaired) electrons. The van der Waals surface area contributed by atoms with Crippen LogP contribution in [-0.2, 0) is 0 Å². The second-order valence-electron chi connectivity index (χ2n) is 3.28. The average molecular weight is 273 g/mol. The average Bonchev–Trinajstić information content (AvgIpc) is 2.78. The Labute approximate surface area is 108 Å². The number of hydrazine groups is 1. The van der Waals surface area contributed by atoms with Crippen LogP contribution in [0.1, 0.15) is 16.5 Å². The van der Waals surface area contributed by atoms with Crippen LogP contribution in [0.25, 0.3) is 0 Å². The number of hydrogen-bond acceptors (Lipinski definition) is 3. The molecule has 1 aromatic heterocycles. The van der Waals surface area contributed by atoms with Gasteiger partial charge in [0, 0.05) is 14.9 Å². The molecule has 2 nitrogen and oxygen atoms in total. The van der Waals surface area contributed by atoms with Crippen LogP contribution in [0.5, 0.6) is 0 Å². The first-order chi connectivity index (χ1) is 7.72. The van der Waals surface area contributed by atoms with Gasteiger partial charge in [-0.25, -0.2) is 5.43 Å². The second kappa shape index (κ2) is 5.17. The van der Waals surface area contributed by atoms with Crippen LogP contribution in [0, 0.1) is 0 Å². The molecule has 0 aliphatic carbocycles. The van der Waals surface area contributed by atoms with Crippen molar-refractivity contribution in [2.75, 3.05) is 0 Å². The van der Waals surface area contributed by atoms with Crippen molar-refractivity contribution < 1.29 is 0 Å². The first-order valence-corrected chi connectivity index (χ1v) is 6.30. The molecular weight excluding hydrogens is 263 g/mol. The first-order valence-electron chi connectivity index (χ1n) is 4.67. The molecule has 2 rings (SSSR count). The monoisotopic (exact) mass is 272 g/mol. The standard InChI is InChI=1S/C11H10Cl2N2S/c12-7-3-4-9(13)8(6-7)11(15-14)10-2-1-5-16-10/h1-6,11,15H,14H2. The number of rotatable bonds is 3. The summed E-state index contributed by atoms with van der Waals surface area (Å²) in [6.45, 7) is 0. The largest absolute Gasteiger partial charge is 0.271 e. The van der Waals surface area contributed by atoms with Crippen LogP contribution in [0.2, 0.25) is 10.0 Å². The summed E-state index contributed by atoms with van der Waals surface area (Å²) in [5.74, 6) is 5.57. The Hall–Kier alpha value is -0.580. The third-order valence-corrected chi connectivity index (χ3v) is 3.78. The van der Waals surface area contributed by atoms with Gasteiger partial charge in [-0.05, 0) is 35.2 Å². The molecule has 3 N–H and O–H groups in total. The van der Waals surface area contributed by atoms with Gasteiger partial charge in [-0.3, -0.25) is 5.84 Å². The molecule has 0 bridgehead atoms. The van der Waals surface area contributed by atoms with Gasteiger partial charge in [-0.2, -0.15) is 0 Å². The third kappa shape index (κ3) is 2.39.